The molecule has 0 unspecified atom stereocenters. The number of benzene rings is 4. The summed E-state index contributed by atoms with van der Waals surface area (Å²) < 4.78 is 109. The van der Waals surface area contributed by atoms with Crippen molar-refractivity contribution in [2.45, 2.75) is 121 Å². The van der Waals surface area contributed by atoms with Gasteiger partial charge in [0.25, 0.3) is 43.0 Å². The molecule has 0 bridgehead atoms. The second kappa shape index (κ2) is 33.0. The largest absolute Gasteiger partial charge is 0.496 e. The number of ether oxygens (including phenoxy) is 5. The number of carbonyl (C=O) groups excluding carboxylic acids is 6. The lowest BCUT2D eigenvalue weighted by Crippen LogP contribution is -2.40. The average Bonchev–Trinajstić information content (AvgIpc) is 1.11. The summed E-state index contributed by atoms with van der Waals surface area (Å²) in [5, 5.41) is 14.3. The van der Waals surface area contributed by atoms with Gasteiger partial charge in [0.1, 0.15) is 28.4 Å². The van der Waals surface area contributed by atoms with Gasteiger partial charge in [-0.05, 0) is 138 Å². The number of ketones is 1. The Morgan fingerprint density at radius 2 is 1.36 bits per heavy atom. The third-order valence-electron chi connectivity index (χ3n) is 16.5. The standard InChI is InChI=1S/C23H32N2O4.C18H18N2O5S.C16H17N3O5S.C12H14N4O7S2/c1-7-16-13-15(3)14-17(8-2)18(16)19-20(26)24-9-11-28-12-10-25(24)21(19)29-22(27)23(4,5)6;1-25-16-5-3-2-4-15(16)18(22)20-26(23,24)14-10-6-12(7-11-14)17(21)19-13-8-9-13;1-9-10(15(20)11-8-17-19(2)16(11)21)4-5-13(25(3,22)23)14(9)12-6-7-24-18-12;1-6-8(7(5-24-6)9(17)22-3)25(20,21)14-10(18)16-12(19)15(2)11(13-16)23-4/h13-14H,7-12H2,1-6H3;2-7,10-11,13H,8-9H2,1H3,(H,19,21)(H,20,22);4-5,8,17H,6-7H2,1-3H3;5H,1-4H3,(H,14,18). The molecule has 0 atom stereocenters. The summed E-state index contributed by atoms with van der Waals surface area (Å²) in [7, 11) is -5.51. The first-order valence-electron chi connectivity index (χ1n) is 32.6. The summed E-state index contributed by atoms with van der Waals surface area (Å²) in [5.74, 6) is -2.12. The molecule has 3 amide bonds. The predicted molar refractivity (Wildman–Crippen MR) is 384 cm³/mol. The van der Waals surface area contributed by atoms with Gasteiger partial charge in [0, 0.05) is 66.0 Å². The summed E-state index contributed by atoms with van der Waals surface area (Å²) in [5.41, 5.74) is 4.47. The molecule has 1 fully saturated rings. The van der Waals surface area contributed by atoms with Crippen molar-refractivity contribution in [3.05, 3.63) is 176 Å². The van der Waals surface area contributed by atoms with Gasteiger partial charge in [-0.25, -0.2) is 63.0 Å². The molecule has 105 heavy (non-hydrogen) atoms. The number of nitrogens with one attached hydrogen (secondary N) is 4. The number of thiophene rings is 1. The highest BCUT2D eigenvalue weighted by atomic mass is 32.2. The van der Waals surface area contributed by atoms with E-state index in [1.807, 2.05) is 25.5 Å². The highest BCUT2D eigenvalue weighted by molar-refractivity contribution is 7.91. The number of amides is 3. The van der Waals surface area contributed by atoms with Gasteiger partial charge in [-0.3, -0.25) is 33.4 Å². The number of nitrogens with zero attached hydrogens (tertiary/aromatic N) is 7. The summed E-state index contributed by atoms with van der Waals surface area (Å²) in [4.78, 5) is 116. The molecule has 8 aromatic rings. The van der Waals surface area contributed by atoms with E-state index in [4.69, 9.17) is 23.8 Å². The van der Waals surface area contributed by atoms with E-state index in [1.165, 1.54) is 99.5 Å². The number of methoxy groups -OCH3 is 3. The maximum absolute atomic E-state index is 13.5. The lowest BCUT2D eigenvalue weighted by Gasteiger charge is -2.19. The fraction of sp³-hybridized carbons (Fsp3) is 0.377. The van der Waals surface area contributed by atoms with Crippen molar-refractivity contribution in [3.63, 3.8) is 0 Å². The van der Waals surface area contributed by atoms with Crippen molar-refractivity contribution in [1.82, 2.24) is 48.3 Å². The van der Waals surface area contributed by atoms with Crippen LogP contribution < -0.4 is 45.8 Å². The number of sulfone groups is 1. The normalized spacial score (nSPS) is 13.4. The molecule has 0 radical (unpaired) electrons. The first-order valence-corrected chi connectivity index (χ1v) is 38.3. The van der Waals surface area contributed by atoms with Crippen LogP contribution in [0, 0.1) is 26.2 Å². The van der Waals surface area contributed by atoms with Gasteiger partial charge < -0.3 is 38.9 Å². The zero-order valence-corrected chi connectivity index (χ0v) is 63.3. The lowest BCUT2D eigenvalue weighted by atomic mass is 9.91. The van der Waals surface area contributed by atoms with E-state index in [0.29, 0.717) is 77.9 Å². The fourth-order valence-corrected chi connectivity index (χ4v) is 15.4. The van der Waals surface area contributed by atoms with Crippen LogP contribution in [0.1, 0.15) is 134 Å². The number of hydrogen-bond acceptors (Lipinski definition) is 24. The highest BCUT2D eigenvalue weighted by Gasteiger charge is 2.35. The number of rotatable bonds is 18. The molecule has 0 spiro atoms. The first kappa shape index (κ1) is 80.1. The zero-order valence-electron chi connectivity index (χ0n) is 60.1. The molecule has 1 aliphatic carbocycles. The third kappa shape index (κ3) is 18.2. The molecule has 6 heterocycles. The number of aromatic nitrogens is 7. The second-order valence-corrected chi connectivity index (χ2v) is 31.5. The van der Waals surface area contributed by atoms with Gasteiger partial charge in [0.05, 0.1) is 79.7 Å². The maximum Gasteiger partial charge on any atom is 0.360 e. The molecular weight excluding hydrogens is 1450 g/mol. The summed E-state index contributed by atoms with van der Waals surface area (Å²) in [6.45, 7) is 17.0. The number of aryl methyl sites for hydroxylation is 5. The fourth-order valence-electron chi connectivity index (χ4n) is 11.0. The van der Waals surface area contributed by atoms with Crippen LogP contribution in [-0.4, -0.2) is 153 Å². The molecule has 0 saturated heterocycles. The monoisotopic (exact) mass is 1530 g/mol. The van der Waals surface area contributed by atoms with Crippen LogP contribution in [0.3, 0.4) is 0 Å². The summed E-state index contributed by atoms with van der Waals surface area (Å²) in [6, 6.07) is 17.5. The quantitative estimate of drug-likeness (QED) is 0.0572. The number of fused-ring (bicyclic) bond motifs is 1. The van der Waals surface area contributed by atoms with Crippen molar-refractivity contribution in [1.29, 1.82) is 0 Å². The highest BCUT2D eigenvalue weighted by Crippen LogP contribution is 2.37. The Morgan fingerprint density at radius 1 is 0.724 bits per heavy atom. The smallest absolute Gasteiger partial charge is 0.360 e. The van der Waals surface area contributed by atoms with Gasteiger partial charge in [-0.2, -0.15) is 0 Å². The molecule has 11 rings (SSSR count). The Hall–Kier alpha value is -10.6. The van der Waals surface area contributed by atoms with E-state index in [2.05, 4.69) is 58.3 Å². The Kier molecular flexibility index (Phi) is 25.2. The van der Waals surface area contributed by atoms with Gasteiger partial charge in [0.15, 0.2) is 15.6 Å². The van der Waals surface area contributed by atoms with Crippen molar-refractivity contribution >= 4 is 82.5 Å². The van der Waals surface area contributed by atoms with E-state index < -0.39 is 75.1 Å². The van der Waals surface area contributed by atoms with E-state index in [9.17, 15) is 68.4 Å². The zero-order chi connectivity index (χ0) is 77.4. The molecule has 2 aliphatic heterocycles. The number of aromatic amines is 1. The predicted octanol–water partition coefficient (Wildman–Crippen LogP) is 5.91. The first-order chi connectivity index (χ1) is 49.4. The van der Waals surface area contributed by atoms with E-state index in [-0.39, 0.29) is 72.2 Å². The van der Waals surface area contributed by atoms with Crippen LogP contribution in [0.5, 0.6) is 17.6 Å². The van der Waals surface area contributed by atoms with E-state index >= 15 is 0 Å². The number of carbonyl (C=O) groups is 6. The molecule has 32 nitrogen and oxygen atoms in total. The third-order valence-corrected chi connectivity index (χ3v) is 21.6. The Bertz CT molecular complexity index is 5250. The van der Waals surface area contributed by atoms with Crippen molar-refractivity contribution in [2.75, 3.05) is 47.4 Å². The average molecular weight is 1530 g/mol. The van der Waals surface area contributed by atoms with Gasteiger partial charge in [-0.15, -0.1) is 21.1 Å². The van der Waals surface area contributed by atoms with Crippen LogP contribution in [0.15, 0.2) is 119 Å². The summed E-state index contributed by atoms with van der Waals surface area (Å²) in [6.07, 6.45) is 6.41. The summed E-state index contributed by atoms with van der Waals surface area (Å²) >= 11 is 0.998. The van der Waals surface area contributed by atoms with Crippen molar-refractivity contribution in [3.8, 4) is 28.8 Å². The number of sulfonamides is 2. The number of para-hydroxylation sites is 1. The number of hydrogen-bond donors (Lipinski definition) is 4. The van der Waals surface area contributed by atoms with E-state index in [1.54, 1.807) is 39.2 Å². The van der Waals surface area contributed by atoms with Crippen LogP contribution in [0.4, 0.5) is 4.79 Å². The molecule has 1 saturated carbocycles. The SMILES string of the molecule is CCc1cc(C)cc(CC)c1-c1c(OC(=O)C(C)(C)C)n2n(c1=O)CCOCC2.COC(=O)c1csc(C)c1S(=O)(=O)NC(=O)n1nc(OC)n(C)c1=O.COc1ccccc1C(=O)NS(=O)(=O)c1ccc(C(=O)NC2CC2)cc1.Cc1c(C(=O)c2c[nH]n(C)c2=O)ccc(S(C)(=O)=O)c1C1=NOCC1. The van der Waals surface area contributed by atoms with Gasteiger partial charge >= 0.3 is 29.7 Å². The number of esters is 2. The number of oxime groups is 1. The molecule has 4 aromatic carbocycles. The molecule has 562 valence electrons. The Balaban J connectivity index is 0.000000177. The minimum atomic E-state index is -4.45. The minimum absolute atomic E-state index is 0.00623. The van der Waals surface area contributed by atoms with Gasteiger partial charge in [-0.1, -0.05) is 48.8 Å². The minimum Gasteiger partial charge on any atom is -0.496 e. The van der Waals surface area contributed by atoms with Crippen LogP contribution in [-0.2, 0) is 89.0 Å². The topological polar surface area (TPSA) is 413 Å². The van der Waals surface area contributed by atoms with Gasteiger partial charge in [0.2, 0.25) is 5.88 Å². The molecular formula is C69H81N11O21S4. The lowest BCUT2D eigenvalue weighted by molar-refractivity contribution is -0.143. The maximum atomic E-state index is 13.5. The van der Waals surface area contributed by atoms with Crippen molar-refractivity contribution in [2.24, 2.45) is 24.7 Å². The van der Waals surface area contributed by atoms with Crippen molar-refractivity contribution < 1.29 is 82.5 Å². The van der Waals surface area contributed by atoms with Crippen LogP contribution >= 0.6 is 11.3 Å². The molecule has 4 N–H and O–H groups in total. The Morgan fingerprint density at radius 3 is 1.90 bits per heavy atom. The molecule has 3 aliphatic rings. The number of H-pyrrole nitrogens is 1. The van der Waals surface area contributed by atoms with E-state index in [0.717, 1.165) is 71.6 Å². The molecule has 4 aromatic heterocycles. The van der Waals surface area contributed by atoms with Crippen LogP contribution in [0.2, 0.25) is 0 Å². The second-order valence-electron chi connectivity index (χ2n) is 25.1. The Labute approximate surface area is 608 Å². The molecule has 36 heteroatoms. The van der Waals surface area contributed by atoms with Crippen LogP contribution in [0.25, 0.3) is 11.1 Å².